The van der Waals surface area contributed by atoms with Crippen LogP contribution in [0.4, 0.5) is 5.00 Å². The van der Waals surface area contributed by atoms with Gasteiger partial charge >= 0.3 is 0 Å². The number of hydrogen-bond donors (Lipinski definition) is 1. The van der Waals surface area contributed by atoms with E-state index in [0.717, 1.165) is 42.6 Å². The molecule has 0 unspecified atom stereocenters. The molecule has 0 spiro atoms. The highest BCUT2D eigenvalue weighted by atomic mass is 32.1. The summed E-state index contributed by atoms with van der Waals surface area (Å²) < 4.78 is 5.11. The number of carbonyl (C=O) groups excluding carboxylic acids is 1. The van der Waals surface area contributed by atoms with E-state index in [9.17, 15) is 10.1 Å². The Balaban J connectivity index is 1.71. The van der Waals surface area contributed by atoms with Gasteiger partial charge < -0.3 is 10.1 Å². The number of amides is 1. The Morgan fingerprint density at radius 2 is 2.04 bits per heavy atom. The summed E-state index contributed by atoms with van der Waals surface area (Å²) in [6.45, 7) is 0. The van der Waals surface area contributed by atoms with Crippen LogP contribution in [0.1, 0.15) is 34.4 Å². The molecule has 0 radical (unpaired) electrons. The van der Waals surface area contributed by atoms with Crippen molar-refractivity contribution < 1.29 is 9.53 Å². The molecule has 122 valence electrons. The van der Waals surface area contributed by atoms with E-state index in [1.54, 1.807) is 13.2 Å². The van der Waals surface area contributed by atoms with Crippen LogP contribution < -0.4 is 10.1 Å². The standard InChI is InChI=1S/C19H18N2O2S/c1-23-14-9-6-13(7-10-14)8-11-18(22)21-19-16(12-20)15-4-2-3-5-17(15)24-19/h6-11H,2-5H2,1H3,(H,21,22). The van der Waals surface area contributed by atoms with Crippen LogP contribution in [0.25, 0.3) is 6.08 Å². The molecule has 0 atom stereocenters. The predicted octanol–water partition coefficient (Wildman–Crippen LogP) is 4.16. The third kappa shape index (κ3) is 3.50. The van der Waals surface area contributed by atoms with Gasteiger partial charge in [-0.25, -0.2) is 0 Å². The molecule has 4 nitrogen and oxygen atoms in total. The highest BCUT2D eigenvalue weighted by Gasteiger charge is 2.21. The van der Waals surface area contributed by atoms with Crippen LogP contribution in [0.2, 0.25) is 0 Å². The normalized spacial score (nSPS) is 13.3. The molecule has 1 aromatic carbocycles. The van der Waals surface area contributed by atoms with Gasteiger partial charge in [0.2, 0.25) is 5.91 Å². The van der Waals surface area contributed by atoms with Gasteiger partial charge in [0.05, 0.1) is 12.7 Å². The Hall–Kier alpha value is -2.58. The Morgan fingerprint density at radius 3 is 2.75 bits per heavy atom. The minimum atomic E-state index is -0.221. The van der Waals surface area contributed by atoms with Crippen molar-refractivity contribution in [3.05, 3.63) is 51.9 Å². The molecule has 0 bridgehead atoms. The van der Waals surface area contributed by atoms with Crippen LogP contribution >= 0.6 is 11.3 Å². The molecule has 1 aliphatic carbocycles. The molecule has 1 heterocycles. The topological polar surface area (TPSA) is 62.1 Å². The highest BCUT2D eigenvalue weighted by molar-refractivity contribution is 7.16. The predicted molar refractivity (Wildman–Crippen MR) is 96.3 cm³/mol. The van der Waals surface area contributed by atoms with Crippen LogP contribution in [-0.4, -0.2) is 13.0 Å². The van der Waals surface area contributed by atoms with Crippen LogP contribution in [0, 0.1) is 11.3 Å². The van der Waals surface area contributed by atoms with E-state index in [1.165, 1.54) is 22.3 Å². The van der Waals surface area contributed by atoms with Gasteiger partial charge in [0.1, 0.15) is 16.8 Å². The number of ether oxygens (including phenoxy) is 1. The number of anilines is 1. The number of nitriles is 1. The SMILES string of the molecule is COc1ccc(C=CC(=O)Nc2sc3c(c2C#N)CCCC3)cc1. The summed E-state index contributed by atoms with van der Waals surface area (Å²) in [6, 6.07) is 9.71. The van der Waals surface area contributed by atoms with E-state index in [-0.39, 0.29) is 5.91 Å². The third-order valence-corrected chi connectivity index (χ3v) is 5.27. The molecule has 0 saturated heterocycles. The molecule has 24 heavy (non-hydrogen) atoms. The number of carbonyl (C=O) groups is 1. The van der Waals surface area contributed by atoms with E-state index in [4.69, 9.17) is 4.74 Å². The van der Waals surface area contributed by atoms with Gasteiger partial charge in [-0.1, -0.05) is 12.1 Å². The van der Waals surface area contributed by atoms with Crippen molar-refractivity contribution >= 4 is 28.3 Å². The Kier molecular flexibility index (Phi) is 4.97. The molecule has 0 saturated carbocycles. The smallest absolute Gasteiger partial charge is 0.249 e. The van der Waals surface area contributed by atoms with Crippen molar-refractivity contribution in [2.24, 2.45) is 0 Å². The van der Waals surface area contributed by atoms with Gasteiger partial charge in [0.25, 0.3) is 0 Å². The van der Waals surface area contributed by atoms with Crippen molar-refractivity contribution in [2.75, 3.05) is 12.4 Å². The molecule has 1 N–H and O–H groups in total. The van der Waals surface area contributed by atoms with Crippen molar-refractivity contribution in [2.45, 2.75) is 25.7 Å². The average Bonchev–Trinajstić information content (AvgIpc) is 2.97. The molecule has 0 fully saturated rings. The van der Waals surface area contributed by atoms with Crippen LogP contribution in [0.3, 0.4) is 0 Å². The summed E-state index contributed by atoms with van der Waals surface area (Å²) in [6.07, 6.45) is 7.45. The molecule has 2 aromatic rings. The quantitative estimate of drug-likeness (QED) is 0.852. The summed E-state index contributed by atoms with van der Waals surface area (Å²) in [5.74, 6) is 0.556. The zero-order chi connectivity index (χ0) is 16.9. The fourth-order valence-electron chi connectivity index (χ4n) is 2.81. The summed E-state index contributed by atoms with van der Waals surface area (Å²) >= 11 is 1.54. The molecular formula is C19H18N2O2S. The van der Waals surface area contributed by atoms with Crippen LogP contribution in [-0.2, 0) is 17.6 Å². The summed E-state index contributed by atoms with van der Waals surface area (Å²) in [4.78, 5) is 13.4. The maximum atomic E-state index is 12.2. The molecule has 1 aromatic heterocycles. The zero-order valence-corrected chi connectivity index (χ0v) is 14.3. The van der Waals surface area contributed by atoms with Gasteiger partial charge in [-0.3, -0.25) is 4.79 Å². The van der Waals surface area contributed by atoms with E-state index in [2.05, 4.69) is 11.4 Å². The lowest BCUT2D eigenvalue weighted by atomic mass is 9.96. The second kappa shape index (κ2) is 7.33. The summed E-state index contributed by atoms with van der Waals surface area (Å²) in [5, 5.41) is 12.9. The number of hydrogen-bond acceptors (Lipinski definition) is 4. The lowest BCUT2D eigenvalue weighted by molar-refractivity contribution is -0.111. The summed E-state index contributed by atoms with van der Waals surface area (Å²) in [5.41, 5.74) is 2.68. The number of aryl methyl sites for hydroxylation is 1. The Bertz CT molecular complexity index is 813. The first-order valence-corrected chi connectivity index (χ1v) is 8.70. The first-order chi connectivity index (χ1) is 11.7. The summed E-state index contributed by atoms with van der Waals surface area (Å²) in [7, 11) is 1.62. The van der Waals surface area contributed by atoms with Crippen molar-refractivity contribution in [1.29, 1.82) is 5.26 Å². The molecule has 5 heteroatoms. The first kappa shape index (κ1) is 16.3. The van der Waals surface area contributed by atoms with Gasteiger partial charge in [0, 0.05) is 11.0 Å². The Labute approximate surface area is 145 Å². The van der Waals surface area contributed by atoms with E-state index in [0.29, 0.717) is 10.6 Å². The van der Waals surface area contributed by atoms with Crippen molar-refractivity contribution in [1.82, 2.24) is 0 Å². The maximum absolute atomic E-state index is 12.2. The molecule has 1 aliphatic rings. The molecule has 0 aliphatic heterocycles. The lowest BCUT2D eigenvalue weighted by Gasteiger charge is -2.09. The van der Waals surface area contributed by atoms with Crippen LogP contribution in [0.5, 0.6) is 5.75 Å². The minimum absolute atomic E-state index is 0.221. The van der Waals surface area contributed by atoms with E-state index < -0.39 is 0 Å². The van der Waals surface area contributed by atoms with E-state index >= 15 is 0 Å². The number of benzene rings is 1. The number of fused-ring (bicyclic) bond motifs is 1. The number of nitrogens with zero attached hydrogens (tertiary/aromatic N) is 1. The highest BCUT2D eigenvalue weighted by Crippen LogP contribution is 2.37. The fraction of sp³-hybridized carbons (Fsp3) is 0.263. The number of methoxy groups -OCH3 is 1. The van der Waals surface area contributed by atoms with Gasteiger partial charge in [0.15, 0.2) is 0 Å². The molecule has 3 rings (SSSR count). The largest absolute Gasteiger partial charge is 0.497 e. The molecule has 1 amide bonds. The zero-order valence-electron chi connectivity index (χ0n) is 13.5. The molecular weight excluding hydrogens is 320 g/mol. The van der Waals surface area contributed by atoms with Gasteiger partial charge in [-0.2, -0.15) is 5.26 Å². The van der Waals surface area contributed by atoms with E-state index in [1.807, 2.05) is 24.3 Å². The lowest BCUT2D eigenvalue weighted by Crippen LogP contribution is -2.07. The Morgan fingerprint density at radius 1 is 1.29 bits per heavy atom. The minimum Gasteiger partial charge on any atom is -0.497 e. The average molecular weight is 338 g/mol. The van der Waals surface area contributed by atoms with Gasteiger partial charge in [-0.05, 0) is 55.0 Å². The number of nitrogens with one attached hydrogen (secondary N) is 1. The van der Waals surface area contributed by atoms with Gasteiger partial charge in [-0.15, -0.1) is 11.3 Å². The number of rotatable bonds is 4. The monoisotopic (exact) mass is 338 g/mol. The first-order valence-electron chi connectivity index (χ1n) is 7.89. The third-order valence-electron chi connectivity index (χ3n) is 4.06. The van der Waals surface area contributed by atoms with Crippen molar-refractivity contribution in [3.63, 3.8) is 0 Å². The van der Waals surface area contributed by atoms with Crippen LogP contribution in [0.15, 0.2) is 30.3 Å². The fourth-order valence-corrected chi connectivity index (χ4v) is 4.06. The second-order valence-corrected chi connectivity index (χ2v) is 6.73. The maximum Gasteiger partial charge on any atom is 0.249 e. The number of thiophene rings is 1. The second-order valence-electron chi connectivity index (χ2n) is 5.62. The van der Waals surface area contributed by atoms with Crippen molar-refractivity contribution in [3.8, 4) is 11.8 Å².